The largest absolute Gasteiger partial charge is 0.416 e. The molecule has 2 amide bonds. The number of piperazine rings is 1. The molecule has 0 radical (unpaired) electrons. The van der Waals surface area contributed by atoms with E-state index in [1.807, 2.05) is 16.7 Å². The lowest BCUT2D eigenvalue weighted by Crippen LogP contribution is -2.51. The van der Waals surface area contributed by atoms with Crippen LogP contribution in [0.1, 0.15) is 78.9 Å². The summed E-state index contributed by atoms with van der Waals surface area (Å²) in [6, 6.07) is 21.3. The highest BCUT2D eigenvalue weighted by molar-refractivity contribution is 6.04. The quantitative estimate of drug-likeness (QED) is 0.174. The molecule has 0 unspecified atom stereocenters. The summed E-state index contributed by atoms with van der Waals surface area (Å²) in [6.07, 6.45) is 2.99. The summed E-state index contributed by atoms with van der Waals surface area (Å²) in [4.78, 5) is 41.3. The van der Waals surface area contributed by atoms with Gasteiger partial charge in [-0.15, -0.1) is 0 Å². The van der Waals surface area contributed by atoms with Crippen molar-refractivity contribution in [3.05, 3.63) is 89.5 Å². The van der Waals surface area contributed by atoms with E-state index in [0.717, 1.165) is 113 Å². The third kappa shape index (κ3) is 9.37. The molecule has 10 nitrogen and oxygen atoms in total. The van der Waals surface area contributed by atoms with Crippen molar-refractivity contribution in [3.63, 3.8) is 0 Å². The molecule has 0 bridgehead atoms. The summed E-state index contributed by atoms with van der Waals surface area (Å²) < 4.78 is 42.3. The van der Waals surface area contributed by atoms with E-state index >= 15 is 0 Å². The fourth-order valence-corrected chi connectivity index (χ4v) is 9.68. The second kappa shape index (κ2) is 17.8. The Morgan fingerprint density at radius 1 is 0.741 bits per heavy atom. The van der Waals surface area contributed by atoms with Crippen molar-refractivity contribution < 1.29 is 27.9 Å². The maximum absolute atomic E-state index is 13.6. The van der Waals surface area contributed by atoms with Crippen LogP contribution in [-0.2, 0) is 17.5 Å². The van der Waals surface area contributed by atoms with E-state index in [4.69, 9.17) is 4.98 Å². The van der Waals surface area contributed by atoms with Crippen LogP contribution in [0.15, 0.2) is 72.8 Å². The van der Waals surface area contributed by atoms with Crippen LogP contribution >= 0.6 is 0 Å². The topological polar surface area (TPSA) is 97.2 Å². The van der Waals surface area contributed by atoms with Crippen LogP contribution < -0.4 is 10.2 Å². The molecular formula is C45H56F3N7O3. The first-order valence-corrected chi connectivity index (χ1v) is 21.2. The Morgan fingerprint density at radius 3 is 2.16 bits per heavy atom. The summed E-state index contributed by atoms with van der Waals surface area (Å²) >= 11 is 0. The van der Waals surface area contributed by atoms with Gasteiger partial charge in [-0.1, -0.05) is 30.3 Å². The lowest BCUT2D eigenvalue weighted by Gasteiger charge is -2.40. The zero-order valence-electron chi connectivity index (χ0n) is 33.3. The molecule has 58 heavy (non-hydrogen) atoms. The number of aliphatic hydroxyl groups is 1. The predicted molar refractivity (Wildman–Crippen MR) is 220 cm³/mol. The Kier molecular flexibility index (Phi) is 12.4. The molecule has 0 spiro atoms. The van der Waals surface area contributed by atoms with Crippen molar-refractivity contribution in [2.75, 3.05) is 75.7 Å². The minimum atomic E-state index is -4.56. The highest BCUT2D eigenvalue weighted by atomic mass is 19.4. The molecule has 1 saturated carbocycles. The highest BCUT2D eigenvalue weighted by Gasteiger charge is 2.33. The molecule has 4 aliphatic rings. The number of carbonyl (C=O) groups excluding carboxylic acids is 2. The number of fused-ring (bicyclic) bond motifs is 1. The molecular weight excluding hydrogens is 744 g/mol. The number of likely N-dealkylation sites (tertiary alicyclic amines) is 1. The molecule has 3 aromatic carbocycles. The van der Waals surface area contributed by atoms with E-state index in [9.17, 15) is 27.9 Å². The van der Waals surface area contributed by atoms with Crippen molar-refractivity contribution in [2.24, 2.45) is 17.8 Å². The first-order valence-electron chi connectivity index (χ1n) is 21.2. The Hall–Kier alpha value is -4.46. The van der Waals surface area contributed by atoms with E-state index in [1.54, 1.807) is 0 Å². The Bertz CT molecular complexity index is 2010. The molecule has 4 heterocycles. The maximum atomic E-state index is 13.6. The number of nitrogens with zero attached hydrogens (tertiary/aromatic N) is 6. The van der Waals surface area contributed by atoms with E-state index in [2.05, 4.69) is 61.3 Å². The Balaban J connectivity index is 0.847. The monoisotopic (exact) mass is 799 g/mol. The number of hydrogen-bond donors (Lipinski definition) is 2. The molecule has 3 aliphatic heterocycles. The average Bonchev–Trinajstić information content (AvgIpc) is 3.61. The number of aliphatic hydroxyl groups excluding tert-OH is 1. The second-order valence-electron chi connectivity index (χ2n) is 17.0. The van der Waals surface area contributed by atoms with Gasteiger partial charge in [0.05, 0.1) is 16.6 Å². The van der Waals surface area contributed by atoms with Crippen LogP contribution in [0.5, 0.6) is 0 Å². The van der Waals surface area contributed by atoms with Gasteiger partial charge < -0.3 is 24.4 Å². The lowest BCUT2D eigenvalue weighted by atomic mass is 9.86. The van der Waals surface area contributed by atoms with Crippen molar-refractivity contribution in [1.82, 2.24) is 24.3 Å². The molecule has 2 N–H and O–H groups in total. The van der Waals surface area contributed by atoms with Crippen LogP contribution in [0.4, 0.5) is 24.8 Å². The van der Waals surface area contributed by atoms with Crippen molar-refractivity contribution in [3.8, 4) is 0 Å². The number of para-hydroxylation sites is 1. The number of benzene rings is 3. The van der Waals surface area contributed by atoms with Gasteiger partial charge in [-0.25, -0.2) is 4.98 Å². The van der Waals surface area contributed by atoms with Gasteiger partial charge in [-0.2, -0.15) is 13.2 Å². The SMILES string of the molecule is O=C(Nc1nc2cc(CN3CCN(C(=O)C4CCN(CC5CCN(c6ccccc6)CC5)CC4)CC3)ccc2n1C1CCC(CO)CC1)c1cccc(C(F)(F)F)c1. The van der Waals surface area contributed by atoms with Gasteiger partial charge in [0.2, 0.25) is 11.9 Å². The second-order valence-corrected chi connectivity index (χ2v) is 17.0. The highest BCUT2D eigenvalue weighted by Crippen LogP contribution is 2.37. The minimum absolute atomic E-state index is 0.0249. The number of rotatable bonds is 10. The fraction of sp³-hybridized carbons (Fsp3) is 0.533. The van der Waals surface area contributed by atoms with Gasteiger partial charge in [0, 0.05) is 82.2 Å². The van der Waals surface area contributed by atoms with Crippen LogP contribution in [0.25, 0.3) is 11.0 Å². The number of piperidine rings is 2. The standard InChI is InChI=1S/C45H56F3N7O3/c46-45(47,48)37-6-4-5-36(28-37)42(57)50-44-49-40-27-34(11-14-41(40)55(44)39-12-9-33(31-56)10-13-39)30-52-23-25-54(26-24-52)43(58)35-17-19-51(20-18-35)29-32-15-21-53(22-16-32)38-7-2-1-3-8-38/h1-8,11,14,27-28,32-33,35,39,56H,9-10,12-13,15-26,29-31H2,(H,49,50,57). The van der Waals surface area contributed by atoms with Gasteiger partial charge in [0.15, 0.2) is 0 Å². The van der Waals surface area contributed by atoms with Crippen LogP contribution in [0.3, 0.4) is 0 Å². The third-order valence-corrected chi connectivity index (χ3v) is 13.2. The van der Waals surface area contributed by atoms with Gasteiger partial charge >= 0.3 is 6.18 Å². The number of nitrogens with one attached hydrogen (secondary N) is 1. The van der Waals surface area contributed by atoms with Crippen molar-refractivity contribution in [2.45, 2.75) is 70.1 Å². The fourth-order valence-electron chi connectivity index (χ4n) is 9.68. The van der Waals surface area contributed by atoms with Gasteiger partial charge in [0.25, 0.3) is 5.91 Å². The number of amides is 2. The van der Waals surface area contributed by atoms with Crippen LogP contribution in [-0.4, -0.2) is 107 Å². The van der Waals surface area contributed by atoms with Crippen LogP contribution in [0.2, 0.25) is 0 Å². The molecule has 8 rings (SSSR count). The summed E-state index contributed by atoms with van der Waals surface area (Å²) in [6.45, 7) is 9.15. The van der Waals surface area contributed by atoms with E-state index in [0.29, 0.717) is 37.0 Å². The first kappa shape index (κ1) is 40.3. The van der Waals surface area contributed by atoms with E-state index in [-0.39, 0.29) is 30.0 Å². The number of alkyl halides is 3. The number of imidazole rings is 1. The van der Waals surface area contributed by atoms with Crippen molar-refractivity contribution in [1.29, 1.82) is 0 Å². The zero-order chi connectivity index (χ0) is 40.2. The molecule has 13 heteroatoms. The summed E-state index contributed by atoms with van der Waals surface area (Å²) in [5.41, 5.74) is 2.97. The van der Waals surface area contributed by atoms with Gasteiger partial charge in [-0.05, 0) is 124 Å². The molecule has 4 fully saturated rings. The van der Waals surface area contributed by atoms with E-state index in [1.165, 1.54) is 30.7 Å². The first-order chi connectivity index (χ1) is 28.1. The summed E-state index contributed by atoms with van der Waals surface area (Å²) in [7, 11) is 0. The smallest absolute Gasteiger partial charge is 0.396 e. The summed E-state index contributed by atoms with van der Waals surface area (Å²) in [5, 5.41) is 12.6. The predicted octanol–water partition coefficient (Wildman–Crippen LogP) is 7.30. The molecule has 1 aromatic heterocycles. The number of hydrogen-bond acceptors (Lipinski definition) is 7. The van der Waals surface area contributed by atoms with Crippen LogP contribution in [0, 0.1) is 17.8 Å². The lowest BCUT2D eigenvalue weighted by molar-refractivity contribution is -0.139. The molecule has 310 valence electrons. The Morgan fingerprint density at radius 2 is 1.47 bits per heavy atom. The number of aromatic nitrogens is 2. The minimum Gasteiger partial charge on any atom is -0.396 e. The number of carbonyl (C=O) groups is 2. The Labute approximate surface area is 339 Å². The number of anilines is 2. The molecule has 1 aliphatic carbocycles. The maximum Gasteiger partial charge on any atom is 0.416 e. The van der Waals surface area contributed by atoms with Crippen molar-refractivity contribution >= 4 is 34.5 Å². The number of halogens is 3. The summed E-state index contributed by atoms with van der Waals surface area (Å²) in [5.74, 6) is 1.01. The van der Waals surface area contributed by atoms with Gasteiger partial charge in [0.1, 0.15) is 0 Å². The van der Waals surface area contributed by atoms with E-state index < -0.39 is 17.6 Å². The third-order valence-electron chi connectivity index (χ3n) is 13.2. The normalized spacial score (nSPS) is 22.1. The molecule has 3 saturated heterocycles. The zero-order valence-corrected chi connectivity index (χ0v) is 33.3. The van der Waals surface area contributed by atoms with Gasteiger partial charge in [-0.3, -0.25) is 19.8 Å². The molecule has 4 aromatic rings. The molecule has 0 atom stereocenters. The average molecular weight is 800 g/mol.